The molecule has 0 saturated carbocycles. The minimum atomic E-state index is -3.75. The molecule has 0 atom stereocenters. The number of hydrogen-bond donors (Lipinski definition) is 1. The zero-order valence-electron chi connectivity index (χ0n) is 14.7. The quantitative estimate of drug-likeness (QED) is 0.413. The monoisotopic (exact) mass is 392 g/mol. The summed E-state index contributed by atoms with van der Waals surface area (Å²) >= 11 is 6.17. The second-order valence-electron chi connectivity index (χ2n) is 5.64. The van der Waals surface area contributed by atoms with Crippen LogP contribution in [0.15, 0.2) is 65.1 Å². The molecule has 0 aliphatic rings. The highest BCUT2D eigenvalue weighted by Gasteiger charge is 2.14. The highest BCUT2D eigenvalue weighted by atomic mass is 35.5. The smallest absolute Gasteiger partial charge is 0.276 e. The Kier molecular flexibility index (Phi) is 6.83. The highest BCUT2D eigenvalue weighted by Crippen LogP contribution is 2.26. The molecule has 138 valence electrons. The van der Waals surface area contributed by atoms with Crippen LogP contribution < -0.4 is 9.57 Å². The SMILES string of the molecule is C=CCC/C(=N\NS(=O)(=O)c1ccc(C)cc1)c1ccc(OC)c(Cl)c1. The van der Waals surface area contributed by atoms with Crippen molar-refractivity contribution >= 4 is 27.3 Å². The van der Waals surface area contributed by atoms with Gasteiger partial charge in [-0.2, -0.15) is 18.4 Å². The number of ether oxygens (including phenoxy) is 1. The van der Waals surface area contributed by atoms with E-state index < -0.39 is 10.0 Å². The van der Waals surface area contributed by atoms with Crippen molar-refractivity contribution in [1.29, 1.82) is 0 Å². The van der Waals surface area contributed by atoms with E-state index in [4.69, 9.17) is 16.3 Å². The fourth-order valence-corrected chi connectivity index (χ4v) is 3.32. The van der Waals surface area contributed by atoms with Crippen molar-refractivity contribution in [2.45, 2.75) is 24.7 Å². The normalized spacial score (nSPS) is 11.9. The number of hydrazone groups is 1. The van der Waals surface area contributed by atoms with Crippen LogP contribution in [0.5, 0.6) is 5.75 Å². The van der Waals surface area contributed by atoms with Crippen molar-refractivity contribution in [2.75, 3.05) is 7.11 Å². The molecule has 2 aromatic carbocycles. The molecule has 0 fully saturated rings. The van der Waals surface area contributed by atoms with E-state index >= 15 is 0 Å². The Hall–Kier alpha value is -2.31. The zero-order chi connectivity index (χ0) is 19.2. The average Bonchev–Trinajstić information content (AvgIpc) is 2.62. The third kappa shape index (κ3) is 5.09. The maximum atomic E-state index is 12.4. The van der Waals surface area contributed by atoms with E-state index in [9.17, 15) is 8.42 Å². The number of aryl methyl sites for hydroxylation is 1. The summed E-state index contributed by atoms with van der Waals surface area (Å²) in [6.07, 6.45) is 2.91. The molecule has 0 bridgehead atoms. The molecular formula is C19H21ClN2O3S. The lowest BCUT2D eigenvalue weighted by atomic mass is 10.1. The molecule has 2 rings (SSSR count). The van der Waals surface area contributed by atoms with Gasteiger partial charge in [0.05, 0.1) is 22.7 Å². The predicted molar refractivity (Wildman–Crippen MR) is 105 cm³/mol. The summed E-state index contributed by atoms with van der Waals surface area (Å²) < 4.78 is 30.0. The van der Waals surface area contributed by atoms with Crippen LogP contribution in [-0.4, -0.2) is 21.2 Å². The third-order valence-electron chi connectivity index (χ3n) is 3.70. The van der Waals surface area contributed by atoms with Crippen LogP contribution in [0.3, 0.4) is 0 Å². The van der Waals surface area contributed by atoms with E-state index in [2.05, 4.69) is 16.5 Å². The van der Waals surface area contributed by atoms with Gasteiger partial charge in [-0.15, -0.1) is 6.58 Å². The van der Waals surface area contributed by atoms with Crippen LogP contribution in [0.2, 0.25) is 5.02 Å². The standard InChI is InChI=1S/C19H21ClN2O3S/c1-4-5-6-18(15-9-12-19(25-3)17(20)13-15)21-22-26(23,24)16-10-7-14(2)8-11-16/h4,7-13,22H,1,5-6H2,2-3H3/b21-18+. The number of rotatable bonds is 8. The minimum absolute atomic E-state index is 0.155. The van der Waals surface area contributed by atoms with E-state index in [1.54, 1.807) is 48.5 Å². The number of nitrogens with zero attached hydrogens (tertiary/aromatic N) is 1. The van der Waals surface area contributed by atoms with Crippen LogP contribution >= 0.6 is 11.6 Å². The first-order valence-corrected chi connectivity index (χ1v) is 9.83. The molecule has 0 radical (unpaired) electrons. The summed E-state index contributed by atoms with van der Waals surface area (Å²) in [7, 11) is -2.22. The summed E-state index contributed by atoms with van der Waals surface area (Å²) in [6.45, 7) is 5.59. The van der Waals surface area contributed by atoms with Crippen LogP contribution in [0.4, 0.5) is 0 Å². The van der Waals surface area contributed by atoms with Gasteiger partial charge in [-0.25, -0.2) is 0 Å². The molecule has 0 aromatic heterocycles. The Morgan fingerprint density at radius 1 is 1.27 bits per heavy atom. The molecule has 0 amide bonds. The number of nitrogens with one attached hydrogen (secondary N) is 1. The summed E-state index contributed by atoms with van der Waals surface area (Å²) in [5.74, 6) is 0.540. The minimum Gasteiger partial charge on any atom is -0.495 e. The van der Waals surface area contributed by atoms with Gasteiger partial charge in [0.1, 0.15) is 5.75 Å². The van der Waals surface area contributed by atoms with Gasteiger partial charge in [-0.1, -0.05) is 35.4 Å². The number of hydrogen-bond acceptors (Lipinski definition) is 4. The van der Waals surface area contributed by atoms with Gasteiger partial charge >= 0.3 is 0 Å². The van der Waals surface area contributed by atoms with Crippen molar-refractivity contribution in [2.24, 2.45) is 5.10 Å². The van der Waals surface area contributed by atoms with Crippen molar-refractivity contribution in [3.05, 3.63) is 71.3 Å². The molecular weight excluding hydrogens is 372 g/mol. The van der Waals surface area contributed by atoms with Gasteiger partial charge in [0, 0.05) is 0 Å². The van der Waals surface area contributed by atoms with E-state index in [1.807, 2.05) is 6.92 Å². The molecule has 0 aliphatic carbocycles. The lowest BCUT2D eigenvalue weighted by molar-refractivity contribution is 0.415. The number of sulfonamides is 1. The Labute approximate surface area is 159 Å². The van der Waals surface area contributed by atoms with E-state index in [0.717, 1.165) is 5.56 Å². The highest BCUT2D eigenvalue weighted by molar-refractivity contribution is 7.89. The first-order chi connectivity index (χ1) is 12.4. The van der Waals surface area contributed by atoms with Gasteiger partial charge in [0.25, 0.3) is 10.0 Å². The van der Waals surface area contributed by atoms with Crippen molar-refractivity contribution in [3.63, 3.8) is 0 Å². The molecule has 2 aromatic rings. The van der Waals surface area contributed by atoms with Gasteiger partial charge in [-0.05, 0) is 55.7 Å². The van der Waals surface area contributed by atoms with Crippen LogP contribution in [0.25, 0.3) is 0 Å². The van der Waals surface area contributed by atoms with Gasteiger partial charge in [0.15, 0.2) is 0 Å². The van der Waals surface area contributed by atoms with Gasteiger partial charge in [-0.3, -0.25) is 0 Å². The number of allylic oxidation sites excluding steroid dienone is 1. The summed E-state index contributed by atoms with van der Waals surface area (Å²) in [5, 5.41) is 4.56. The zero-order valence-corrected chi connectivity index (χ0v) is 16.3. The summed E-state index contributed by atoms with van der Waals surface area (Å²) in [4.78, 5) is 2.46. The van der Waals surface area contributed by atoms with Crippen molar-refractivity contribution in [1.82, 2.24) is 4.83 Å². The molecule has 0 saturated heterocycles. The first-order valence-electron chi connectivity index (χ1n) is 7.97. The molecule has 0 aliphatic heterocycles. The first kappa shape index (κ1) is 20.0. The van der Waals surface area contributed by atoms with Crippen molar-refractivity contribution < 1.29 is 13.2 Å². The van der Waals surface area contributed by atoms with Crippen LogP contribution in [0, 0.1) is 6.92 Å². The molecule has 1 N–H and O–H groups in total. The van der Waals surface area contributed by atoms with Crippen LogP contribution in [-0.2, 0) is 10.0 Å². The Morgan fingerprint density at radius 3 is 2.54 bits per heavy atom. The molecule has 5 nitrogen and oxygen atoms in total. The second kappa shape index (κ2) is 8.87. The van der Waals surface area contributed by atoms with E-state index in [0.29, 0.717) is 34.9 Å². The number of methoxy groups -OCH3 is 1. The summed E-state index contributed by atoms with van der Waals surface area (Å²) in [6, 6.07) is 11.8. The molecule has 0 heterocycles. The van der Waals surface area contributed by atoms with E-state index in [-0.39, 0.29) is 4.90 Å². The molecule has 0 spiro atoms. The molecule has 7 heteroatoms. The topological polar surface area (TPSA) is 67.8 Å². The average molecular weight is 393 g/mol. The molecule has 26 heavy (non-hydrogen) atoms. The maximum Gasteiger partial charge on any atom is 0.276 e. The fourth-order valence-electron chi connectivity index (χ4n) is 2.23. The van der Waals surface area contributed by atoms with E-state index in [1.165, 1.54) is 7.11 Å². The number of halogens is 1. The van der Waals surface area contributed by atoms with Crippen LogP contribution in [0.1, 0.15) is 24.0 Å². The Balaban J connectivity index is 2.32. The lowest BCUT2D eigenvalue weighted by Crippen LogP contribution is -2.20. The Morgan fingerprint density at radius 2 is 1.96 bits per heavy atom. The predicted octanol–water partition coefficient (Wildman–Crippen LogP) is 4.31. The Bertz CT molecular complexity index is 907. The molecule has 0 unspecified atom stereocenters. The lowest BCUT2D eigenvalue weighted by Gasteiger charge is -2.10. The van der Waals surface area contributed by atoms with Gasteiger partial charge < -0.3 is 4.74 Å². The van der Waals surface area contributed by atoms with Crippen molar-refractivity contribution in [3.8, 4) is 5.75 Å². The maximum absolute atomic E-state index is 12.4. The number of benzene rings is 2. The van der Waals surface area contributed by atoms with Gasteiger partial charge in [0.2, 0.25) is 0 Å². The fraction of sp³-hybridized carbons (Fsp3) is 0.211. The second-order valence-corrected chi connectivity index (χ2v) is 7.71. The third-order valence-corrected chi connectivity index (χ3v) is 5.22. The summed E-state index contributed by atoms with van der Waals surface area (Å²) in [5.41, 5.74) is 2.25. The largest absolute Gasteiger partial charge is 0.495 e.